The van der Waals surface area contributed by atoms with Crippen LogP contribution in [0.25, 0.3) is 0 Å². The summed E-state index contributed by atoms with van der Waals surface area (Å²) in [6.07, 6.45) is 4.62. The van der Waals surface area contributed by atoms with Gasteiger partial charge in [-0.05, 0) is 30.5 Å². The monoisotopic (exact) mass is 279 g/mol. The predicted octanol–water partition coefficient (Wildman–Crippen LogP) is 2.62. The summed E-state index contributed by atoms with van der Waals surface area (Å²) in [6, 6.07) is 4.08. The Morgan fingerprint density at radius 2 is 1.60 bits per heavy atom. The van der Waals surface area contributed by atoms with E-state index in [1.807, 2.05) is 12.1 Å². The molecule has 112 valence electrons. The largest absolute Gasteiger partial charge is 0.496 e. The highest BCUT2D eigenvalue weighted by molar-refractivity contribution is 5.53. The van der Waals surface area contributed by atoms with Gasteiger partial charge in [-0.1, -0.05) is 12.8 Å². The van der Waals surface area contributed by atoms with E-state index in [0.717, 1.165) is 35.5 Å². The summed E-state index contributed by atoms with van der Waals surface area (Å²) < 4.78 is 16.5. The Balaban J connectivity index is 2.54. The number of ether oxygens (including phenoxy) is 3. The van der Waals surface area contributed by atoms with Crippen molar-refractivity contribution < 1.29 is 14.2 Å². The number of benzene rings is 1. The van der Waals surface area contributed by atoms with Crippen LogP contribution in [0, 0.1) is 0 Å². The van der Waals surface area contributed by atoms with Gasteiger partial charge in [0, 0.05) is 24.6 Å². The Kier molecular flexibility index (Phi) is 4.89. The molecule has 0 bridgehead atoms. The van der Waals surface area contributed by atoms with E-state index in [2.05, 4.69) is 0 Å². The van der Waals surface area contributed by atoms with Crippen LogP contribution in [0.15, 0.2) is 12.1 Å². The van der Waals surface area contributed by atoms with Crippen molar-refractivity contribution in [2.24, 2.45) is 5.73 Å². The van der Waals surface area contributed by atoms with Crippen LogP contribution in [0.5, 0.6) is 11.5 Å². The number of methoxy groups -OCH3 is 3. The minimum Gasteiger partial charge on any atom is -0.496 e. The number of nitrogens with two attached hydrogens (primary N) is 1. The maximum Gasteiger partial charge on any atom is 0.126 e. The Morgan fingerprint density at radius 1 is 1.05 bits per heavy atom. The van der Waals surface area contributed by atoms with Crippen molar-refractivity contribution in [3.05, 3.63) is 23.3 Å². The molecule has 0 unspecified atom stereocenters. The van der Waals surface area contributed by atoms with Gasteiger partial charge in [-0.3, -0.25) is 0 Å². The summed E-state index contributed by atoms with van der Waals surface area (Å²) in [4.78, 5) is 0. The molecule has 1 fully saturated rings. The number of rotatable bonds is 6. The van der Waals surface area contributed by atoms with Crippen LogP contribution in [0.1, 0.15) is 36.8 Å². The second-order valence-corrected chi connectivity index (χ2v) is 5.50. The lowest BCUT2D eigenvalue weighted by Gasteiger charge is -2.31. The summed E-state index contributed by atoms with van der Waals surface area (Å²) in [5, 5.41) is 0. The SMILES string of the molecule is COCc1cc(OC)c(C2(CN)CCCC2)c(OC)c1. The quantitative estimate of drug-likeness (QED) is 0.869. The van der Waals surface area contributed by atoms with Gasteiger partial charge in [0.1, 0.15) is 11.5 Å². The van der Waals surface area contributed by atoms with E-state index in [9.17, 15) is 0 Å². The molecule has 1 saturated carbocycles. The molecule has 0 radical (unpaired) electrons. The number of hydrogen-bond donors (Lipinski definition) is 1. The van der Waals surface area contributed by atoms with E-state index < -0.39 is 0 Å². The zero-order valence-electron chi connectivity index (χ0n) is 12.7. The van der Waals surface area contributed by atoms with Gasteiger partial charge in [0.2, 0.25) is 0 Å². The van der Waals surface area contributed by atoms with E-state index in [4.69, 9.17) is 19.9 Å². The van der Waals surface area contributed by atoms with Crippen LogP contribution >= 0.6 is 0 Å². The van der Waals surface area contributed by atoms with Crippen LogP contribution in [-0.4, -0.2) is 27.9 Å². The Hall–Kier alpha value is -1.26. The smallest absolute Gasteiger partial charge is 0.126 e. The van der Waals surface area contributed by atoms with E-state index in [-0.39, 0.29) is 5.41 Å². The summed E-state index contributed by atoms with van der Waals surface area (Å²) in [7, 11) is 5.09. The third-order valence-electron chi connectivity index (χ3n) is 4.36. The zero-order valence-corrected chi connectivity index (χ0v) is 12.7. The molecule has 4 nitrogen and oxygen atoms in total. The molecule has 2 rings (SSSR count). The van der Waals surface area contributed by atoms with Gasteiger partial charge in [-0.15, -0.1) is 0 Å². The van der Waals surface area contributed by atoms with Crippen molar-refractivity contribution in [1.82, 2.24) is 0 Å². The summed E-state index contributed by atoms with van der Waals surface area (Å²) in [5.74, 6) is 1.73. The molecule has 4 heteroatoms. The van der Waals surface area contributed by atoms with Gasteiger partial charge in [0.05, 0.1) is 20.8 Å². The fourth-order valence-corrected chi connectivity index (χ4v) is 3.35. The highest BCUT2D eigenvalue weighted by Crippen LogP contribution is 2.48. The van der Waals surface area contributed by atoms with Gasteiger partial charge >= 0.3 is 0 Å². The average molecular weight is 279 g/mol. The Morgan fingerprint density at radius 3 is 2.00 bits per heavy atom. The van der Waals surface area contributed by atoms with Crippen molar-refractivity contribution in [2.45, 2.75) is 37.7 Å². The van der Waals surface area contributed by atoms with Crippen molar-refractivity contribution >= 4 is 0 Å². The fraction of sp³-hybridized carbons (Fsp3) is 0.625. The minimum atomic E-state index is -0.0116. The minimum absolute atomic E-state index is 0.0116. The van der Waals surface area contributed by atoms with Crippen molar-refractivity contribution in [3.63, 3.8) is 0 Å². The third-order valence-corrected chi connectivity index (χ3v) is 4.36. The van der Waals surface area contributed by atoms with Crippen molar-refractivity contribution in [2.75, 3.05) is 27.9 Å². The van der Waals surface area contributed by atoms with Gasteiger partial charge in [0.15, 0.2) is 0 Å². The van der Waals surface area contributed by atoms with Crippen LogP contribution in [0.2, 0.25) is 0 Å². The fourth-order valence-electron chi connectivity index (χ4n) is 3.35. The maximum absolute atomic E-state index is 6.11. The van der Waals surface area contributed by atoms with E-state index in [1.54, 1.807) is 21.3 Å². The maximum atomic E-state index is 6.11. The highest BCUT2D eigenvalue weighted by atomic mass is 16.5. The van der Waals surface area contributed by atoms with Gasteiger partial charge in [0.25, 0.3) is 0 Å². The van der Waals surface area contributed by atoms with Crippen LogP contribution < -0.4 is 15.2 Å². The lowest BCUT2D eigenvalue weighted by Crippen LogP contribution is -2.33. The first-order chi connectivity index (χ1) is 9.70. The lowest BCUT2D eigenvalue weighted by molar-refractivity contribution is 0.184. The van der Waals surface area contributed by atoms with E-state index >= 15 is 0 Å². The van der Waals surface area contributed by atoms with Gasteiger partial charge in [-0.2, -0.15) is 0 Å². The van der Waals surface area contributed by atoms with Crippen molar-refractivity contribution in [1.29, 1.82) is 0 Å². The summed E-state index contributed by atoms with van der Waals surface area (Å²) in [5.41, 5.74) is 8.28. The molecule has 20 heavy (non-hydrogen) atoms. The molecule has 0 atom stereocenters. The molecule has 0 aromatic heterocycles. The molecule has 1 aliphatic carbocycles. The van der Waals surface area contributed by atoms with Crippen LogP contribution in [-0.2, 0) is 16.8 Å². The Bertz CT molecular complexity index is 428. The lowest BCUT2D eigenvalue weighted by atomic mass is 9.77. The second kappa shape index (κ2) is 6.46. The average Bonchev–Trinajstić information content (AvgIpc) is 2.96. The first-order valence-corrected chi connectivity index (χ1v) is 7.15. The molecule has 0 heterocycles. The highest BCUT2D eigenvalue weighted by Gasteiger charge is 2.39. The molecular weight excluding hydrogens is 254 g/mol. The molecule has 1 aliphatic rings. The van der Waals surface area contributed by atoms with Crippen LogP contribution in [0.3, 0.4) is 0 Å². The number of hydrogen-bond acceptors (Lipinski definition) is 4. The molecule has 0 saturated heterocycles. The molecule has 0 amide bonds. The molecule has 1 aromatic rings. The molecule has 1 aromatic carbocycles. The van der Waals surface area contributed by atoms with Gasteiger partial charge in [-0.25, -0.2) is 0 Å². The topological polar surface area (TPSA) is 53.7 Å². The van der Waals surface area contributed by atoms with E-state index in [1.165, 1.54) is 12.8 Å². The predicted molar refractivity (Wildman–Crippen MR) is 79.5 cm³/mol. The molecule has 2 N–H and O–H groups in total. The van der Waals surface area contributed by atoms with Gasteiger partial charge < -0.3 is 19.9 Å². The molecule has 0 spiro atoms. The van der Waals surface area contributed by atoms with Crippen LogP contribution in [0.4, 0.5) is 0 Å². The second-order valence-electron chi connectivity index (χ2n) is 5.50. The molecular formula is C16H25NO3. The van der Waals surface area contributed by atoms with E-state index in [0.29, 0.717) is 13.2 Å². The first-order valence-electron chi connectivity index (χ1n) is 7.15. The zero-order chi connectivity index (χ0) is 14.6. The first kappa shape index (κ1) is 15.1. The third kappa shape index (κ3) is 2.63. The normalized spacial score (nSPS) is 17.2. The molecule has 0 aliphatic heterocycles. The summed E-state index contributed by atoms with van der Waals surface area (Å²) >= 11 is 0. The van der Waals surface area contributed by atoms with Crippen molar-refractivity contribution in [3.8, 4) is 11.5 Å². The standard InChI is InChI=1S/C16H25NO3/c1-18-10-12-8-13(19-2)15(14(9-12)20-3)16(11-17)6-4-5-7-16/h8-9H,4-7,10-11,17H2,1-3H3. The Labute approximate surface area is 121 Å². The summed E-state index contributed by atoms with van der Waals surface area (Å²) in [6.45, 7) is 1.17.